The van der Waals surface area contributed by atoms with E-state index in [9.17, 15) is 4.79 Å². The van der Waals surface area contributed by atoms with Gasteiger partial charge in [0.05, 0.1) is 19.2 Å². The first-order valence-electron chi connectivity index (χ1n) is 8.69. The summed E-state index contributed by atoms with van der Waals surface area (Å²) in [4.78, 5) is 14.6. The summed E-state index contributed by atoms with van der Waals surface area (Å²) >= 11 is 0. The Labute approximate surface area is 146 Å². The molecule has 2 aromatic heterocycles. The molecule has 3 heterocycles. The van der Waals surface area contributed by atoms with Crippen LogP contribution in [0.3, 0.4) is 0 Å². The average molecular weight is 347 g/mol. The molecule has 0 bridgehead atoms. The molecule has 25 heavy (non-hydrogen) atoms. The molecule has 8 nitrogen and oxygen atoms in total. The highest BCUT2D eigenvalue weighted by Crippen LogP contribution is 2.28. The number of rotatable bonds is 6. The van der Waals surface area contributed by atoms with E-state index in [0.29, 0.717) is 24.0 Å². The number of aliphatic hydroxyl groups is 1. The number of aliphatic hydroxyl groups excluding tert-OH is 1. The van der Waals surface area contributed by atoms with Crippen molar-refractivity contribution in [2.75, 3.05) is 25.0 Å². The van der Waals surface area contributed by atoms with E-state index in [1.54, 1.807) is 19.2 Å². The molecule has 1 amide bonds. The molecule has 1 fully saturated rings. The van der Waals surface area contributed by atoms with Crippen LogP contribution in [0.1, 0.15) is 37.1 Å². The van der Waals surface area contributed by atoms with Gasteiger partial charge in [0.1, 0.15) is 5.76 Å². The lowest BCUT2D eigenvalue weighted by Crippen LogP contribution is -2.46. The van der Waals surface area contributed by atoms with Crippen LogP contribution in [0.2, 0.25) is 0 Å². The Morgan fingerprint density at radius 1 is 1.48 bits per heavy atom. The molecule has 0 aromatic carbocycles. The van der Waals surface area contributed by atoms with Gasteiger partial charge < -0.3 is 14.9 Å². The summed E-state index contributed by atoms with van der Waals surface area (Å²) in [6.07, 6.45) is 3.73. The first-order valence-corrected chi connectivity index (χ1v) is 8.69. The molecule has 1 aliphatic heterocycles. The minimum Gasteiger partial charge on any atom is -0.394 e. The Hall–Kier alpha value is -2.19. The summed E-state index contributed by atoms with van der Waals surface area (Å²) in [6.45, 7) is 6.02. The number of nitrogens with zero attached hydrogens (tertiary/aromatic N) is 4. The average Bonchev–Trinajstić information content (AvgIpc) is 3.24. The Morgan fingerprint density at radius 3 is 2.88 bits per heavy atom. The maximum atomic E-state index is 12.4. The van der Waals surface area contributed by atoms with E-state index in [-0.39, 0.29) is 18.6 Å². The van der Waals surface area contributed by atoms with Gasteiger partial charge in [0, 0.05) is 23.9 Å². The lowest BCUT2D eigenvalue weighted by atomic mass is 9.92. The summed E-state index contributed by atoms with van der Waals surface area (Å²) in [5.41, 5.74) is 1.17. The van der Waals surface area contributed by atoms with Crippen LogP contribution in [-0.2, 0) is 11.3 Å². The summed E-state index contributed by atoms with van der Waals surface area (Å²) in [7, 11) is 0. The fraction of sp³-hybridized carbons (Fsp3) is 0.588. The first kappa shape index (κ1) is 17.6. The zero-order valence-corrected chi connectivity index (χ0v) is 14.7. The van der Waals surface area contributed by atoms with Crippen LogP contribution in [0.4, 0.5) is 5.82 Å². The largest absolute Gasteiger partial charge is 0.394 e. The molecule has 1 atom stereocenters. The molecule has 0 spiro atoms. The van der Waals surface area contributed by atoms with Gasteiger partial charge in [0.25, 0.3) is 0 Å². The summed E-state index contributed by atoms with van der Waals surface area (Å²) in [5, 5.41) is 20.0. The number of anilines is 1. The second kappa shape index (κ2) is 7.79. The molecular formula is C17H25N5O3. The number of piperidine rings is 1. The van der Waals surface area contributed by atoms with E-state index >= 15 is 0 Å². The predicted octanol–water partition coefficient (Wildman–Crippen LogP) is 1.38. The van der Waals surface area contributed by atoms with Gasteiger partial charge in [-0.15, -0.1) is 0 Å². The predicted molar refractivity (Wildman–Crippen MR) is 92.2 cm³/mol. The standard InChI is InChI=1S/C17H25N5O3/c1-12-11-16(20-25-12)19-17(24)13(2)21-7-4-14(5-8-21)15-3-6-18-22(15)9-10-23/h3,6,11,13-14,23H,4-5,7-10H2,1-2H3,(H,19,20,24). The maximum Gasteiger partial charge on any atom is 0.242 e. The lowest BCUT2D eigenvalue weighted by Gasteiger charge is -2.35. The second-order valence-corrected chi connectivity index (χ2v) is 6.50. The van der Waals surface area contributed by atoms with Gasteiger partial charge in [0.2, 0.25) is 5.91 Å². The zero-order chi connectivity index (χ0) is 17.8. The monoisotopic (exact) mass is 347 g/mol. The van der Waals surface area contributed by atoms with Crippen molar-refractivity contribution < 1.29 is 14.4 Å². The topological polar surface area (TPSA) is 96.4 Å². The highest BCUT2D eigenvalue weighted by atomic mass is 16.5. The Balaban J connectivity index is 1.54. The Bertz CT molecular complexity index is 703. The van der Waals surface area contributed by atoms with Crippen LogP contribution in [0.25, 0.3) is 0 Å². The van der Waals surface area contributed by atoms with Crippen molar-refractivity contribution in [3.8, 4) is 0 Å². The van der Waals surface area contributed by atoms with Crippen LogP contribution < -0.4 is 5.32 Å². The van der Waals surface area contributed by atoms with Crippen molar-refractivity contribution in [3.05, 3.63) is 29.8 Å². The number of likely N-dealkylation sites (tertiary alicyclic amines) is 1. The van der Waals surface area contributed by atoms with Crippen LogP contribution in [0.5, 0.6) is 0 Å². The van der Waals surface area contributed by atoms with E-state index < -0.39 is 0 Å². The third-order valence-electron chi connectivity index (χ3n) is 4.82. The van der Waals surface area contributed by atoms with E-state index in [4.69, 9.17) is 9.63 Å². The van der Waals surface area contributed by atoms with Crippen LogP contribution >= 0.6 is 0 Å². The van der Waals surface area contributed by atoms with E-state index in [2.05, 4.69) is 20.5 Å². The Morgan fingerprint density at radius 2 is 2.24 bits per heavy atom. The number of carbonyl (C=O) groups is 1. The number of aryl methyl sites for hydroxylation is 1. The quantitative estimate of drug-likeness (QED) is 0.819. The third kappa shape index (κ3) is 4.08. The Kier molecular flexibility index (Phi) is 5.50. The fourth-order valence-corrected chi connectivity index (χ4v) is 3.38. The minimum atomic E-state index is -0.222. The number of hydrogen-bond donors (Lipinski definition) is 2. The molecular weight excluding hydrogens is 322 g/mol. The van der Waals surface area contributed by atoms with Crippen molar-refractivity contribution in [2.24, 2.45) is 0 Å². The maximum absolute atomic E-state index is 12.4. The third-order valence-corrected chi connectivity index (χ3v) is 4.82. The normalized spacial score (nSPS) is 17.6. The van der Waals surface area contributed by atoms with Crippen LogP contribution in [-0.4, -0.2) is 56.6 Å². The summed E-state index contributed by atoms with van der Waals surface area (Å²) in [5.74, 6) is 1.47. The van der Waals surface area contributed by atoms with Gasteiger partial charge >= 0.3 is 0 Å². The summed E-state index contributed by atoms with van der Waals surface area (Å²) in [6, 6.07) is 3.51. The molecule has 1 aliphatic rings. The highest BCUT2D eigenvalue weighted by Gasteiger charge is 2.28. The molecule has 8 heteroatoms. The van der Waals surface area contributed by atoms with Gasteiger partial charge in [0.15, 0.2) is 5.82 Å². The lowest BCUT2D eigenvalue weighted by molar-refractivity contribution is -0.121. The summed E-state index contributed by atoms with van der Waals surface area (Å²) < 4.78 is 6.85. The minimum absolute atomic E-state index is 0.0722. The number of nitrogens with one attached hydrogen (secondary N) is 1. The van der Waals surface area contributed by atoms with Crippen molar-refractivity contribution in [3.63, 3.8) is 0 Å². The fourth-order valence-electron chi connectivity index (χ4n) is 3.38. The van der Waals surface area contributed by atoms with Gasteiger partial charge in [-0.25, -0.2) is 0 Å². The smallest absolute Gasteiger partial charge is 0.242 e. The first-order chi connectivity index (χ1) is 12.1. The molecule has 1 unspecified atom stereocenters. The molecule has 3 rings (SSSR count). The molecule has 1 saturated heterocycles. The van der Waals surface area contributed by atoms with Crippen molar-refractivity contribution >= 4 is 11.7 Å². The number of amides is 1. The highest BCUT2D eigenvalue weighted by molar-refractivity contribution is 5.93. The molecule has 136 valence electrons. The molecule has 0 saturated carbocycles. The number of aromatic nitrogens is 3. The molecule has 2 aromatic rings. The van der Waals surface area contributed by atoms with Crippen LogP contribution in [0.15, 0.2) is 22.9 Å². The molecule has 0 aliphatic carbocycles. The second-order valence-electron chi connectivity index (χ2n) is 6.50. The van der Waals surface area contributed by atoms with Crippen molar-refractivity contribution in [2.45, 2.75) is 45.2 Å². The molecule has 2 N–H and O–H groups in total. The van der Waals surface area contributed by atoms with E-state index in [0.717, 1.165) is 25.9 Å². The SMILES string of the molecule is Cc1cc(NC(=O)C(C)N2CCC(c3ccnn3CCO)CC2)no1. The van der Waals surface area contributed by atoms with Gasteiger partial charge in [-0.1, -0.05) is 5.16 Å². The zero-order valence-electron chi connectivity index (χ0n) is 14.7. The van der Waals surface area contributed by atoms with Crippen molar-refractivity contribution in [1.29, 1.82) is 0 Å². The van der Waals surface area contributed by atoms with Gasteiger partial charge in [-0.05, 0) is 45.8 Å². The van der Waals surface area contributed by atoms with Gasteiger partial charge in [-0.3, -0.25) is 14.4 Å². The molecule has 0 radical (unpaired) electrons. The number of hydrogen-bond acceptors (Lipinski definition) is 6. The van der Waals surface area contributed by atoms with E-state index in [1.807, 2.05) is 17.7 Å². The number of carbonyl (C=O) groups excluding carboxylic acids is 1. The van der Waals surface area contributed by atoms with E-state index in [1.165, 1.54) is 5.69 Å². The van der Waals surface area contributed by atoms with Crippen molar-refractivity contribution in [1.82, 2.24) is 19.8 Å². The van der Waals surface area contributed by atoms with Crippen LogP contribution in [0, 0.1) is 6.92 Å². The van der Waals surface area contributed by atoms with Gasteiger partial charge in [-0.2, -0.15) is 5.10 Å².